The van der Waals surface area contributed by atoms with E-state index in [2.05, 4.69) is 15.9 Å². The first-order valence-corrected chi connectivity index (χ1v) is 8.76. The third-order valence-corrected chi connectivity index (χ3v) is 4.73. The first-order valence-electron chi connectivity index (χ1n) is 7.97. The van der Waals surface area contributed by atoms with Crippen LogP contribution in [0.3, 0.4) is 0 Å². The number of hydrogen-bond acceptors (Lipinski definition) is 4. The van der Waals surface area contributed by atoms with Crippen molar-refractivity contribution in [2.45, 2.75) is 13.8 Å². The van der Waals surface area contributed by atoms with Crippen LogP contribution in [-0.4, -0.2) is 42.8 Å². The molecule has 1 aromatic carbocycles. The maximum Gasteiger partial charge on any atom is 0.290 e. The van der Waals surface area contributed by atoms with E-state index in [1.807, 2.05) is 11.8 Å². The van der Waals surface area contributed by atoms with Crippen LogP contribution >= 0.6 is 15.9 Å². The summed E-state index contributed by atoms with van der Waals surface area (Å²) in [5, 5.41) is 0. The Hall–Kier alpha value is -2.15. The van der Waals surface area contributed by atoms with Gasteiger partial charge in [-0.25, -0.2) is 4.39 Å². The number of carbonyl (C=O) groups is 2. The molecular formula is C18H18BrFN2O3. The van der Waals surface area contributed by atoms with E-state index < -0.39 is 5.82 Å². The fourth-order valence-corrected chi connectivity index (χ4v) is 3.44. The monoisotopic (exact) mass is 408 g/mol. The van der Waals surface area contributed by atoms with E-state index in [9.17, 15) is 14.0 Å². The summed E-state index contributed by atoms with van der Waals surface area (Å²) in [5.41, 5.74) is 1.59. The Morgan fingerprint density at radius 3 is 2.36 bits per heavy atom. The van der Waals surface area contributed by atoms with Crippen LogP contribution in [0.1, 0.15) is 33.4 Å². The number of amides is 1. The molecule has 0 aliphatic carbocycles. The van der Waals surface area contributed by atoms with Gasteiger partial charge in [0.05, 0.1) is 5.69 Å². The predicted octanol–water partition coefficient (Wildman–Crippen LogP) is 3.65. The minimum Gasteiger partial charge on any atom is -0.444 e. The highest BCUT2D eigenvalue weighted by Crippen LogP contribution is 2.24. The lowest BCUT2D eigenvalue weighted by Crippen LogP contribution is -2.49. The van der Waals surface area contributed by atoms with Gasteiger partial charge < -0.3 is 14.2 Å². The van der Waals surface area contributed by atoms with Gasteiger partial charge in [-0.3, -0.25) is 9.59 Å². The molecule has 2 aromatic rings. The average molecular weight is 409 g/mol. The summed E-state index contributed by atoms with van der Waals surface area (Å²) < 4.78 is 20.2. The molecule has 1 aromatic heterocycles. The lowest BCUT2D eigenvalue weighted by atomic mass is 10.1. The Labute approximate surface area is 153 Å². The molecule has 0 spiro atoms. The summed E-state index contributed by atoms with van der Waals surface area (Å²) in [7, 11) is 0. The third-order valence-electron chi connectivity index (χ3n) is 4.34. The minimum atomic E-state index is -0.418. The lowest BCUT2D eigenvalue weighted by molar-refractivity contribution is 0.0712. The molecule has 2 heterocycles. The normalized spacial score (nSPS) is 14.7. The van der Waals surface area contributed by atoms with E-state index >= 15 is 0 Å². The molecule has 0 N–H and O–H groups in total. The number of anilines is 1. The molecule has 25 heavy (non-hydrogen) atoms. The number of piperazine rings is 1. The van der Waals surface area contributed by atoms with E-state index in [-0.39, 0.29) is 11.7 Å². The van der Waals surface area contributed by atoms with Crippen LogP contribution < -0.4 is 4.90 Å². The van der Waals surface area contributed by atoms with Crippen LogP contribution in [0.15, 0.2) is 33.4 Å². The van der Waals surface area contributed by atoms with Gasteiger partial charge in [0, 0.05) is 37.3 Å². The van der Waals surface area contributed by atoms with Gasteiger partial charge in [0.1, 0.15) is 5.82 Å². The standard InChI is InChI=1S/C18H18BrFN2O3/c1-11-9-16(19)25-17(11)18(24)22-7-5-21(6-8-22)15-4-3-13(12(2)23)10-14(15)20/h3-4,9-10H,5-8H2,1-2H3. The summed E-state index contributed by atoms with van der Waals surface area (Å²) >= 11 is 3.23. The molecule has 0 radical (unpaired) electrons. The number of furan rings is 1. The van der Waals surface area contributed by atoms with Crippen LogP contribution in [0, 0.1) is 12.7 Å². The largest absolute Gasteiger partial charge is 0.444 e. The zero-order chi connectivity index (χ0) is 18.1. The Morgan fingerprint density at radius 1 is 1.16 bits per heavy atom. The minimum absolute atomic E-state index is 0.157. The topological polar surface area (TPSA) is 53.8 Å². The van der Waals surface area contributed by atoms with Gasteiger partial charge in [-0.1, -0.05) is 0 Å². The molecule has 1 amide bonds. The highest BCUT2D eigenvalue weighted by molar-refractivity contribution is 9.10. The van der Waals surface area contributed by atoms with Crippen LogP contribution in [0.4, 0.5) is 10.1 Å². The molecule has 1 saturated heterocycles. The highest BCUT2D eigenvalue weighted by atomic mass is 79.9. The molecule has 0 atom stereocenters. The molecule has 1 fully saturated rings. The average Bonchev–Trinajstić information content (AvgIpc) is 2.92. The van der Waals surface area contributed by atoms with Crippen molar-refractivity contribution < 1.29 is 18.4 Å². The molecule has 0 bridgehead atoms. The Kier molecular flexibility index (Phi) is 4.94. The van der Waals surface area contributed by atoms with Crippen molar-refractivity contribution in [1.82, 2.24) is 4.90 Å². The summed E-state index contributed by atoms with van der Waals surface area (Å²) in [6.45, 7) is 5.22. The second-order valence-corrected chi connectivity index (χ2v) is 6.85. The van der Waals surface area contributed by atoms with Crippen molar-refractivity contribution in [3.05, 3.63) is 51.6 Å². The van der Waals surface area contributed by atoms with E-state index in [1.54, 1.807) is 23.1 Å². The van der Waals surface area contributed by atoms with Crippen molar-refractivity contribution in [1.29, 1.82) is 0 Å². The van der Waals surface area contributed by atoms with Gasteiger partial charge in [-0.05, 0) is 54.0 Å². The highest BCUT2D eigenvalue weighted by Gasteiger charge is 2.26. The van der Waals surface area contributed by atoms with Gasteiger partial charge in [0.25, 0.3) is 5.91 Å². The molecule has 0 saturated carbocycles. The molecule has 1 aliphatic heterocycles. The maximum atomic E-state index is 14.3. The molecule has 5 nitrogen and oxygen atoms in total. The maximum absolute atomic E-state index is 14.3. The van der Waals surface area contributed by atoms with Crippen molar-refractivity contribution in [2.24, 2.45) is 0 Å². The van der Waals surface area contributed by atoms with Crippen LogP contribution in [0.2, 0.25) is 0 Å². The van der Waals surface area contributed by atoms with E-state index in [1.165, 1.54) is 13.0 Å². The number of halogens is 2. The zero-order valence-corrected chi connectivity index (χ0v) is 15.6. The Morgan fingerprint density at radius 2 is 1.84 bits per heavy atom. The van der Waals surface area contributed by atoms with Gasteiger partial charge in [-0.15, -0.1) is 0 Å². The molecule has 132 valence electrons. The molecule has 0 unspecified atom stereocenters. The first kappa shape index (κ1) is 17.7. The molecular weight excluding hydrogens is 391 g/mol. The lowest BCUT2D eigenvalue weighted by Gasteiger charge is -2.36. The van der Waals surface area contributed by atoms with Crippen LogP contribution in [0.25, 0.3) is 0 Å². The molecule has 7 heteroatoms. The quantitative estimate of drug-likeness (QED) is 0.727. The van der Waals surface area contributed by atoms with Crippen molar-refractivity contribution >= 4 is 33.3 Å². The van der Waals surface area contributed by atoms with Gasteiger partial charge in [0.2, 0.25) is 0 Å². The summed E-state index contributed by atoms with van der Waals surface area (Å²) in [4.78, 5) is 27.5. The Balaban J connectivity index is 1.69. The predicted molar refractivity (Wildman–Crippen MR) is 95.7 cm³/mol. The molecule has 1 aliphatic rings. The smallest absolute Gasteiger partial charge is 0.290 e. The van der Waals surface area contributed by atoms with Gasteiger partial charge in [0.15, 0.2) is 16.2 Å². The third kappa shape index (κ3) is 3.61. The second kappa shape index (κ2) is 7.00. The van der Waals surface area contributed by atoms with Gasteiger partial charge in [-0.2, -0.15) is 0 Å². The summed E-state index contributed by atoms with van der Waals surface area (Å²) in [6.07, 6.45) is 0. The van der Waals surface area contributed by atoms with Crippen molar-refractivity contribution in [2.75, 3.05) is 31.1 Å². The fourth-order valence-electron chi connectivity index (χ4n) is 2.93. The number of benzene rings is 1. The van der Waals surface area contributed by atoms with Gasteiger partial charge >= 0.3 is 0 Å². The van der Waals surface area contributed by atoms with E-state index in [0.29, 0.717) is 47.9 Å². The number of carbonyl (C=O) groups excluding carboxylic acids is 2. The number of Topliss-reactive ketones (excluding diaryl/α,β-unsaturated/α-hetero) is 1. The van der Waals surface area contributed by atoms with Crippen molar-refractivity contribution in [3.8, 4) is 0 Å². The van der Waals surface area contributed by atoms with E-state index in [4.69, 9.17) is 4.42 Å². The second-order valence-electron chi connectivity index (χ2n) is 6.06. The van der Waals surface area contributed by atoms with Crippen LogP contribution in [0.5, 0.6) is 0 Å². The summed E-state index contributed by atoms with van der Waals surface area (Å²) in [5.74, 6) is -0.410. The Bertz CT molecular complexity index is 826. The number of aryl methyl sites for hydroxylation is 1. The zero-order valence-electron chi connectivity index (χ0n) is 14.0. The molecule has 3 rings (SSSR count). The fraction of sp³-hybridized carbons (Fsp3) is 0.333. The SMILES string of the molecule is CC(=O)c1ccc(N2CCN(C(=O)c3oc(Br)cc3C)CC2)c(F)c1. The number of nitrogens with zero attached hydrogens (tertiary/aromatic N) is 2. The van der Waals surface area contributed by atoms with Crippen molar-refractivity contribution in [3.63, 3.8) is 0 Å². The van der Waals surface area contributed by atoms with Crippen LogP contribution in [-0.2, 0) is 0 Å². The number of ketones is 1. The first-order chi connectivity index (χ1) is 11.9. The summed E-state index contributed by atoms with van der Waals surface area (Å²) in [6, 6.07) is 6.27. The number of rotatable bonds is 3. The van der Waals surface area contributed by atoms with E-state index in [0.717, 1.165) is 5.56 Å². The number of hydrogen-bond donors (Lipinski definition) is 0.